The monoisotopic (exact) mass is 477 g/mol. The molecule has 31 heavy (non-hydrogen) atoms. The van der Waals surface area contributed by atoms with Gasteiger partial charge in [-0.15, -0.1) is 0 Å². The molecule has 0 bridgehead atoms. The van der Waals surface area contributed by atoms with E-state index in [0.29, 0.717) is 47.0 Å². The zero-order valence-electron chi connectivity index (χ0n) is 16.8. The summed E-state index contributed by atoms with van der Waals surface area (Å²) >= 11 is 13.8. The highest BCUT2D eigenvalue weighted by Crippen LogP contribution is 2.36. The summed E-state index contributed by atoms with van der Waals surface area (Å²) in [4.78, 5) is 28.4. The summed E-state index contributed by atoms with van der Waals surface area (Å²) in [5.74, 6) is -0.325. The minimum absolute atomic E-state index is 0.0886. The zero-order chi connectivity index (χ0) is 22.0. The van der Waals surface area contributed by atoms with E-state index < -0.39 is 0 Å². The van der Waals surface area contributed by atoms with Crippen molar-refractivity contribution in [3.8, 4) is 0 Å². The summed E-state index contributed by atoms with van der Waals surface area (Å²) in [5, 5.41) is 4.37. The number of aromatic nitrogens is 1. The largest absolute Gasteiger partial charge is 0.378 e. The molecule has 1 saturated heterocycles. The molecule has 2 aromatic carbocycles. The van der Waals surface area contributed by atoms with Gasteiger partial charge in [0.2, 0.25) is 0 Å². The van der Waals surface area contributed by atoms with Gasteiger partial charge in [0.1, 0.15) is 10.6 Å². The number of halogens is 2. The second-order valence-corrected chi connectivity index (χ2v) is 8.94. The fourth-order valence-electron chi connectivity index (χ4n) is 3.44. The van der Waals surface area contributed by atoms with E-state index in [-0.39, 0.29) is 23.1 Å². The Morgan fingerprint density at radius 2 is 1.71 bits per heavy atom. The number of nitrogens with zero attached hydrogens (tertiary/aromatic N) is 2. The lowest BCUT2D eigenvalue weighted by Gasteiger charge is -2.26. The van der Waals surface area contributed by atoms with E-state index >= 15 is 0 Å². The van der Waals surface area contributed by atoms with Crippen molar-refractivity contribution in [2.75, 3.05) is 31.6 Å². The summed E-state index contributed by atoms with van der Waals surface area (Å²) in [6, 6.07) is 14.6. The molecule has 0 unspecified atom stereocenters. The fourth-order valence-corrected chi connectivity index (χ4v) is 5.00. The van der Waals surface area contributed by atoms with E-state index in [1.54, 1.807) is 27.1 Å². The quantitative estimate of drug-likeness (QED) is 0.558. The highest BCUT2D eigenvalue weighted by atomic mass is 35.5. The number of amides is 1. The lowest BCUT2D eigenvalue weighted by Crippen LogP contribution is -2.42. The number of morpholine rings is 1. The van der Waals surface area contributed by atoms with Gasteiger partial charge in [-0.05, 0) is 36.2 Å². The lowest BCUT2D eigenvalue weighted by molar-refractivity contribution is 0.0302. The van der Waals surface area contributed by atoms with Crippen LogP contribution in [-0.2, 0) is 4.74 Å². The Labute approximate surface area is 194 Å². The normalized spacial score (nSPS) is 15.0. The van der Waals surface area contributed by atoms with Crippen LogP contribution in [0, 0.1) is 0 Å². The minimum atomic E-state index is -0.344. The Morgan fingerprint density at radius 3 is 2.35 bits per heavy atom. The molecule has 6 nitrogen and oxygen atoms in total. The van der Waals surface area contributed by atoms with Gasteiger partial charge in [-0.3, -0.25) is 13.5 Å². The van der Waals surface area contributed by atoms with E-state index in [1.165, 1.54) is 11.5 Å². The van der Waals surface area contributed by atoms with Crippen molar-refractivity contribution >= 4 is 51.3 Å². The highest BCUT2D eigenvalue weighted by Gasteiger charge is 2.29. The number of ether oxygens (including phenoxy) is 1. The van der Waals surface area contributed by atoms with Crippen LogP contribution in [0.25, 0.3) is 0 Å². The second kappa shape index (κ2) is 9.44. The maximum absolute atomic E-state index is 13.4. The molecular weight excluding hydrogens is 457 g/mol. The third-order valence-electron chi connectivity index (χ3n) is 5.18. The molecule has 4 rings (SSSR count). The van der Waals surface area contributed by atoms with Crippen LogP contribution >= 0.6 is 34.7 Å². The Balaban J connectivity index is 1.80. The molecule has 1 N–H and O–H groups in total. The second-order valence-electron chi connectivity index (χ2n) is 7.14. The summed E-state index contributed by atoms with van der Waals surface area (Å²) in [5.41, 5.74) is 1.18. The minimum Gasteiger partial charge on any atom is -0.378 e. The molecule has 1 amide bonds. The SMILES string of the molecule is C[C@@H](c1ccccc1)n1sc(Nc2c(Cl)cccc2Cl)c(C(=O)N2CCOCC2)c1=O. The van der Waals surface area contributed by atoms with Gasteiger partial charge in [0, 0.05) is 13.1 Å². The third kappa shape index (κ3) is 4.50. The lowest BCUT2D eigenvalue weighted by atomic mass is 10.1. The van der Waals surface area contributed by atoms with Crippen molar-refractivity contribution < 1.29 is 9.53 Å². The van der Waals surface area contributed by atoms with E-state index in [9.17, 15) is 9.59 Å². The molecule has 0 radical (unpaired) electrons. The van der Waals surface area contributed by atoms with E-state index in [2.05, 4.69) is 5.32 Å². The van der Waals surface area contributed by atoms with Crippen molar-refractivity contribution in [1.29, 1.82) is 0 Å². The highest BCUT2D eigenvalue weighted by molar-refractivity contribution is 7.11. The topological polar surface area (TPSA) is 63.6 Å². The molecule has 1 atom stereocenters. The van der Waals surface area contributed by atoms with Gasteiger partial charge in [-0.1, -0.05) is 59.6 Å². The summed E-state index contributed by atoms with van der Waals surface area (Å²) in [6.07, 6.45) is 0. The zero-order valence-corrected chi connectivity index (χ0v) is 19.1. The predicted molar refractivity (Wildman–Crippen MR) is 125 cm³/mol. The summed E-state index contributed by atoms with van der Waals surface area (Å²) < 4.78 is 6.96. The van der Waals surface area contributed by atoms with E-state index in [4.69, 9.17) is 27.9 Å². The third-order valence-corrected chi connectivity index (χ3v) is 6.98. The average molecular weight is 478 g/mol. The van der Waals surface area contributed by atoms with Crippen molar-refractivity contribution in [2.45, 2.75) is 13.0 Å². The number of nitrogens with one attached hydrogen (secondary N) is 1. The molecule has 1 fully saturated rings. The van der Waals surface area contributed by atoms with Crippen molar-refractivity contribution in [1.82, 2.24) is 8.86 Å². The first kappa shape index (κ1) is 21.9. The molecule has 3 aromatic rings. The van der Waals surface area contributed by atoms with Crippen LogP contribution < -0.4 is 10.9 Å². The molecule has 162 valence electrons. The number of rotatable bonds is 5. The van der Waals surface area contributed by atoms with Gasteiger partial charge in [0.15, 0.2) is 0 Å². The van der Waals surface area contributed by atoms with Gasteiger partial charge in [0.05, 0.1) is 35.0 Å². The van der Waals surface area contributed by atoms with Gasteiger partial charge < -0.3 is 15.0 Å². The molecular formula is C22H21Cl2N3O3S. The van der Waals surface area contributed by atoms with Crippen LogP contribution in [0.2, 0.25) is 10.0 Å². The van der Waals surface area contributed by atoms with Crippen molar-refractivity contribution in [3.63, 3.8) is 0 Å². The molecule has 2 heterocycles. The van der Waals surface area contributed by atoms with Crippen molar-refractivity contribution in [3.05, 3.63) is 80.1 Å². The van der Waals surface area contributed by atoms with Crippen molar-refractivity contribution in [2.24, 2.45) is 0 Å². The molecule has 1 aliphatic heterocycles. The number of para-hydroxylation sites is 1. The number of carbonyl (C=O) groups excluding carboxylic acids is 1. The van der Waals surface area contributed by atoms with E-state index in [0.717, 1.165) is 5.56 Å². The number of hydrogen-bond acceptors (Lipinski definition) is 5. The Kier molecular flexibility index (Phi) is 6.67. The standard InChI is InChI=1S/C22H21Cl2N3O3S/c1-14(15-6-3-2-4-7-15)27-22(29)18(21(28)26-10-12-30-13-11-26)20(31-27)25-19-16(23)8-5-9-17(19)24/h2-9,14,25H,10-13H2,1H3/t14-/m0/s1. The van der Waals surface area contributed by atoms with Crippen LogP contribution in [0.1, 0.15) is 28.9 Å². The first-order valence-corrected chi connectivity index (χ1v) is 11.4. The van der Waals surface area contributed by atoms with Crippen LogP contribution in [0.5, 0.6) is 0 Å². The number of carbonyl (C=O) groups is 1. The van der Waals surface area contributed by atoms with Gasteiger partial charge in [-0.25, -0.2) is 0 Å². The number of benzene rings is 2. The van der Waals surface area contributed by atoms with Gasteiger partial charge in [-0.2, -0.15) is 0 Å². The average Bonchev–Trinajstić information content (AvgIpc) is 3.12. The maximum Gasteiger partial charge on any atom is 0.276 e. The first-order valence-electron chi connectivity index (χ1n) is 9.86. The Bertz CT molecular complexity index is 1120. The molecule has 0 aliphatic carbocycles. The van der Waals surface area contributed by atoms with Crippen LogP contribution in [0.15, 0.2) is 53.3 Å². The van der Waals surface area contributed by atoms with Gasteiger partial charge in [0.25, 0.3) is 11.5 Å². The number of hydrogen-bond donors (Lipinski definition) is 1. The van der Waals surface area contributed by atoms with E-state index in [1.807, 2.05) is 37.3 Å². The Morgan fingerprint density at radius 1 is 1.06 bits per heavy atom. The van der Waals surface area contributed by atoms with Gasteiger partial charge >= 0.3 is 0 Å². The maximum atomic E-state index is 13.4. The summed E-state index contributed by atoms with van der Waals surface area (Å²) in [7, 11) is 0. The fraction of sp³-hybridized carbons (Fsp3) is 0.273. The predicted octanol–water partition coefficient (Wildman–Crippen LogP) is 5.04. The Hall–Kier alpha value is -2.32. The van der Waals surface area contributed by atoms with Crippen LogP contribution in [-0.4, -0.2) is 41.1 Å². The molecule has 1 aromatic heterocycles. The van der Waals surface area contributed by atoms with Crippen LogP contribution in [0.4, 0.5) is 10.7 Å². The molecule has 0 saturated carbocycles. The number of anilines is 2. The first-order chi connectivity index (χ1) is 15.0. The smallest absolute Gasteiger partial charge is 0.276 e. The molecule has 9 heteroatoms. The molecule has 0 spiro atoms. The summed E-state index contributed by atoms with van der Waals surface area (Å²) in [6.45, 7) is 3.71. The van der Waals surface area contributed by atoms with Crippen LogP contribution in [0.3, 0.4) is 0 Å². The molecule has 1 aliphatic rings.